The van der Waals surface area contributed by atoms with Crippen LogP contribution in [0.3, 0.4) is 0 Å². The molecule has 0 spiro atoms. The predicted molar refractivity (Wildman–Crippen MR) is 200 cm³/mol. The fraction of sp³-hybridized carbons (Fsp3) is 0.550. The summed E-state index contributed by atoms with van der Waals surface area (Å²) >= 11 is 0. The number of likely N-dealkylation sites (N-methyl/N-ethyl adjacent to an activating group) is 1. The van der Waals surface area contributed by atoms with E-state index in [1.807, 2.05) is 21.0 Å². The van der Waals surface area contributed by atoms with Crippen LogP contribution in [0.5, 0.6) is 0 Å². The second kappa shape index (κ2) is 28.0. The van der Waals surface area contributed by atoms with Gasteiger partial charge in [-0.05, 0) is 76.6 Å². The zero-order chi connectivity index (χ0) is 33.8. The van der Waals surface area contributed by atoms with Crippen LogP contribution in [-0.4, -0.2) is 26.7 Å². The quantitative estimate of drug-likeness (QED) is 0.236. The molecule has 0 saturated heterocycles. The summed E-state index contributed by atoms with van der Waals surface area (Å²) in [6.07, 6.45) is 16.6. The highest BCUT2D eigenvalue weighted by Crippen LogP contribution is 2.24. The Hall–Kier alpha value is -2.78. The number of nitrogens with one attached hydrogen (secondary N) is 3. The molecule has 0 heterocycles. The average molecular weight is 594 g/mol. The largest absolute Gasteiger partial charge is 0.394 e. The van der Waals surface area contributed by atoms with Gasteiger partial charge in [-0.1, -0.05) is 152 Å². The second-order valence-electron chi connectivity index (χ2n) is 12.5. The molecule has 0 aliphatic heterocycles. The predicted octanol–water partition coefficient (Wildman–Crippen LogP) is 11.2. The average Bonchev–Trinajstić information content (AvgIpc) is 2.96. The standard InChI is InChI=1S/C16H30N2.C10H14.C8H12.C3H7N.C3H8/c1-12(2)13(3)9-10-15(16(5,6)7)18-14(4)11-17-8;1-8(2)10-6-4-9(3)5-7-10;1-2-8-6-4-3-5-7-8;1-3-4-2;1-3-2/h9,15,17-18H,1,4,10-11H2,2-3,5-8H3;4-8H,1-3H3;4,6-7H,2-3,5H2,1H3;3-4H,1H2,2H3;3H2,1-2H3/b13-9+;;;;. The number of hydrogen-bond acceptors (Lipinski definition) is 3. The highest BCUT2D eigenvalue weighted by atomic mass is 15.0. The van der Waals surface area contributed by atoms with Crippen LogP contribution in [0.2, 0.25) is 0 Å². The summed E-state index contributed by atoms with van der Waals surface area (Å²) in [6.45, 7) is 36.1. The van der Waals surface area contributed by atoms with E-state index in [0.717, 1.165) is 24.2 Å². The minimum absolute atomic E-state index is 0.197. The monoisotopic (exact) mass is 594 g/mol. The van der Waals surface area contributed by atoms with Crippen molar-refractivity contribution in [2.45, 2.75) is 120 Å². The number of rotatable bonds is 10. The lowest BCUT2D eigenvalue weighted by Crippen LogP contribution is -2.41. The van der Waals surface area contributed by atoms with Gasteiger partial charge in [-0.3, -0.25) is 0 Å². The molecule has 0 aromatic heterocycles. The smallest absolute Gasteiger partial charge is 0.0345 e. The van der Waals surface area contributed by atoms with Gasteiger partial charge in [0.25, 0.3) is 0 Å². The lowest BCUT2D eigenvalue weighted by molar-refractivity contribution is 0.284. The molecule has 0 fully saturated rings. The van der Waals surface area contributed by atoms with Crippen LogP contribution in [0.4, 0.5) is 0 Å². The zero-order valence-corrected chi connectivity index (χ0v) is 30.7. The molecule has 2 rings (SSSR count). The first-order chi connectivity index (χ1) is 20.1. The van der Waals surface area contributed by atoms with Crippen molar-refractivity contribution in [3.63, 3.8) is 0 Å². The summed E-state index contributed by atoms with van der Waals surface area (Å²) in [7, 11) is 3.75. The van der Waals surface area contributed by atoms with Gasteiger partial charge in [0.1, 0.15) is 0 Å². The van der Waals surface area contributed by atoms with Crippen molar-refractivity contribution in [2.75, 3.05) is 20.6 Å². The van der Waals surface area contributed by atoms with Crippen molar-refractivity contribution in [2.24, 2.45) is 5.41 Å². The van der Waals surface area contributed by atoms with E-state index in [1.54, 1.807) is 6.20 Å². The zero-order valence-electron chi connectivity index (χ0n) is 30.7. The van der Waals surface area contributed by atoms with Gasteiger partial charge < -0.3 is 16.0 Å². The summed E-state index contributed by atoms with van der Waals surface area (Å²) < 4.78 is 0. The van der Waals surface area contributed by atoms with Gasteiger partial charge in [-0.25, -0.2) is 0 Å². The Kier molecular flexibility index (Phi) is 29.1. The molecule has 1 aromatic carbocycles. The Morgan fingerprint density at radius 2 is 1.51 bits per heavy atom. The van der Waals surface area contributed by atoms with Crippen molar-refractivity contribution < 1.29 is 0 Å². The molecule has 1 atom stereocenters. The molecule has 0 radical (unpaired) electrons. The Balaban J connectivity index is -0.000000535. The highest BCUT2D eigenvalue weighted by Gasteiger charge is 2.23. The SMILES string of the molecule is C=C(CNC)NC(C/C=C(\C)C(=C)C)C(C)(C)C.C=CNC.CCC.CCC1=CCCC=C1.Cc1ccc(C(C)C)cc1. The number of allylic oxidation sites excluding steroid dienone is 6. The molecule has 1 aromatic rings. The fourth-order valence-electron chi connectivity index (χ4n) is 3.49. The van der Waals surface area contributed by atoms with Gasteiger partial charge in [0.15, 0.2) is 0 Å². The summed E-state index contributed by atoms with van der Waals surface area (Å²) in [5.41, 5.74) is 7.90. The molecule has 3 heteroatoms. The molecule has 1 aliphatic rings. The van der Waals surface area contributed by atoms with Crippen molar-refractivity contribution in [1.29, 1.82) is 0 Å². The first-order valence-corrected chi connectivity index (χ1v) is 16.3. The molecule has 3 nitrogen and oxygen atoms in total. The Morgan fingerprint density at radius 1 is 0.977 bits per heavy atom. The van der Waals surface area contributed by atoms with E-state index in [0.29, 0.717) is 12.0 Å². The molecule has 1 unspecified atom stereocenters. The van der Waals surface area contributed by atoms with E-state index in [1.165, 1.54) is 48.0 Å². The van der Waals surface area contributed by atoms with E-state index in [9.17, 15) is 0 Å². The summed E-state index contributed by atoms with van der Waals surface area (Å²) in [6, 6.07) is 9.10. The molecular formula is C40H71N3. The first kappa shape index (κ1) is 44.7. The minimum atomic E-state index is 0.197. The van der Waals surface area contributed by atoms with Gasteiger partial charge in [-0.2, -0.15) is 0 Å². The molecular weight excluding hydrogens is 522 g/mol. The van der Waals surface area contributed by atoms with Crippen molar-refractivity contribution in [3.8, 4) is 0 Å². The number of aryl methyl sites for hydroxylation is 1. The van der Waals surface area contributed by atoms with E-state index >= 15 is 0 Å². The van der Waals surface area contributed by atoms with Gasteiger partial charge in [-0.15, -0.1) is 0 Å². The third kappa shape index (κ3) is 27.8. The van der Waals surface area contributed by atoms with E-state index in [4.69, 9.17) is 0 Å². The second-order valence-corrected chi connectivity index (χ2v) is 12.5. The molecule has 246 valence electrons. The van der Waals surface area contributed by atoms with Crippen LogP contribution < -0.4 is 16.0 Å². The highest BCUT2D eigenvalue weighted by molar-refractivity contribution is 5.24. The van der Waals surface area contributed by atoms with Gasteiger partial charge in [0.05, 0.1) is 0 Å². The Labute approximate surface area is 269 Å². The molecule has 0 bridgehead atoms. The maximum absolute atomic E-state index is 4.05. The minimum Gasteiger partial charge on any atom is -0.394 e. The topological polar surface area (TPSA) is 36.1 Å². The molecule has 1 aliphatic carbocycles. The van der Waals surface area contributed by atoms with Crippen LogP contribution >= 0.6 is 0 Å². The Morgan fingerprint density at radius 3 is 1.84 bits per heavy atom. The normalized spacial score (nSPS) is 12.7. The maximum atomic E-state index is 4.05. The van der Waals surface area contributed by atoms with Crippen LogP contribution in [0.25, 0.3) is 0 Å². The third-order valence-corrected chi connectivity index (χ3v) is 6.57. The van der Waals surface area contributed by atoms with Crippen molar-refractivity contribution >= 4 is 0 Å². The summed E-state index contributed by atoms with van der Waals surface area (Å²) in [4.78, 5) is 0. The molecule has 43 heavy (non-hydrogen) atoms. The first-order valence-electron chi connectivity index (χ1n) is 16.3. The molecule has 3 N–H and O–H groups in total. The van der Waals surface area contributed by atoms with Crippen LogP contribution in [0, 0.1) is 12.3 Å². The van der Waals surface area contributed by atoms with E-state index in [2.05, 4.69) is 153 Å². The van der Waals surface area contributed by atoms with Crippen LogP contribution in [0.15, 0.2) is 96.9 Å². The van der Waals surface area contributed by atoms with E-state index in [-0.39, 0.29) is 5.41 Å². The fourth-order valence-corrected chi connectivity index (χ4v) is 3.49. The maximum Gasteiger partial charge on any atom is 0.0345 e. The lowest BCUT2D eigenvalue weighted by atomic mass is 9.84. The molecule has 0 saturated carbocycles. The number of benzene rings is 1. The van der Waals surface area contributed by atoms with Crippen molar-refractivity contribution in [3.05, 3.63) is 108 Å². The molecule has 0 amide bonds. The van der Waals surface area contributed by atoms with E-state index < -0.39 is 0 Å². The van der Waals surface area contributed by atoms with Crippen LogP contribution in [-0.2, 0) is 0 Å². The number of hydrogen-bond donors (Lipinski definition) is 3. The van der Waals surface area contributed by atoms with Crippen LogP contribution in [0.1, 0.15) is 118 Å². The van der Waals surface area contributed by atoms with Gasteiger partial charge >= 0.3 is 0 Å². The third-order valence-electron chi connectivity index (χ3n) is 6.57. The summed E-state index contributed by atoms with van der Waals surface area (Å²) in [5.74, 6) is 0.653. The van der Waals surface area contributed by atoms with Crippen molar-refractivity contribution in [1.82, 2.24) is 16.0 Å². The lowest BCUT2D eigenvalue weighted by Gasteiger charge is -2.32. The van der Waals surface area contributed by atoms with Gasteiger partial charge in [0, 0.05) is 25.3 Å². The summed E-state index contributed by atoms with van der Waals surface area (Å²) in [5, 5.41) is 9.33. The van der Waals surface area contributed by atoms with Gasteiger partial charge in [0.2, 0.25) is 0 Å². The Bertz CT molecular complexity index is 937.